The van der Waals surface area contributed by atoms with E-state index in [1.165, 1.54) is 6.07 Å². The molecule has 20 heavy (non-hydrogen) atoms. The third-order valence-electron chi connectivity index (χ3n) is 3.05. The Morgan fingerprint density at radius 2 is 2.20 bits per heavy atom. The second-order valence-electron chi connectivity index (χ2n) is 4.68. The maximum absolute atomic E-state index is 12.1. The lowest BCUT2D eigenvalue weighted by atomic mass is 10.1. The summed E-state index contributed by atoms with van der Waals surface area (Å²) in [6.07, 6.45) is 0.753. The highest BCUT2D eigenvalue weighted by Gasteiger charge is 2.22. The first-order valence-electron chi connectivity index (χ1n) is 6.00. The maximum Gasteiger partial charge on any atom is 0.251 e. The number of carbonyl (C=O) groups is 1. The van der Waals surface area contributed by atoms with Crippen molar-refractivity contribution in [1.82, 2.24) is 5.32 Å². The van der Waals surface area contributed by atoms with Crippen LogP contribution in [0.2, 0.25) is 0 Å². The molecule has 0 aromatic heterocycles. The van der Waals surface area contributed by atoms with Crippen molar-refractivity contribution < 1.29 is 17.9 Å². The molecule has 6 nitrogen and oxygen atoms in total. The number of ether oxygens (including phenoxy) is 1. The van der Waals surface area contributed by atoms with Crippen molar-refractivity contribution in [3.63, 3.8) is 0 Å². The Balaban J connectivity index is 2.32. The van der Waals surface area contributed by atoms with E-state index in [0.717, 1.165) is 6.42 Å². The monoisotopic (exact) mass is 362 g/mol. The van der Waals surface area contributed by atoms with Gasteiger partial charge in [0.25, 0.3) is 5.91 Å². The first-order valence-corrected chi connectivity index (χ1v) is 8.34. The number of hydrogen-bond acceptors (Lipinski definition) is 4. The van der Waals surface area contributed by atoms with Crippen molar-refractivity contribution in [2.45, 2.75) is 24.3 Å². The van der Waals surface area contributed by atoms with Gasteiger partial charge in [-0.25, -0.2) is 13.6 Å². The predicted molar refractivity (Wildman–Crippen MR) is 76.9 cm³/mol. The topological polar surface area (TPSA) is 98.5 Å². The molecule has 0 saturated carbocycles. The minimum absolute atomic E-state index is 0.0376. The van der Waals surface area contributed by atoms with Gasteiger partial charge in [0.1, 0.15) is 0 Å². The fourth-order valence-electron chi connectivity index (χ4n) is 1.99. The SMILES string of the molecule is Cc1cc(C(=O)NC2CCOC2)cc(S(N)(=O)=O)c1Br. The van der Waals surface area contributed by atoms with Gasteiger partial charge in [0.05, 0.1) is 17.5 Å². The first-order chi connectivity index (χ1) is 9.29. The van der Waals surface area contributed by atoms with Gasteiger partial charge in [-0.1, -0.05) is 0 Å². The Hall–Kier alpha value is -0.960. The van der Waals surface area contributed by atoms with Gasteiger partial charge >= 0.3 is 0 Å². The van der Waals surface area contributed by atoms with E-state index in [1.807, 2.05) is 0 Å². The molecule has 1 saturated heterocycles. The summed E-state index contributed by atoms with van der Waals surface area (Å²) >= 11 is 3.18. The Morgan fingerprint density at radius 3 is 2.75 bits per heavy atom. The summed E-state index contributed by atoms with van der Waals surface area (Å²) in [5.74, 6) is -0.332. The Kier molecular flexibility index (Phi) is 4.48. The smallest absolute Gasteiger partial charge is 0.251 e. The zero-order valence-electron chi connectivity index (χ0n) is 10.8. The molecule has 1 aliphatic heterocycles. The minimum Gasteiger partial charge on any atom is -0.379 e. The Labute approximate surface area is 125 Å². The van der Waals surface area contributed by atoms with Gasteiger partial charge < -0.3 is 10.1 Å². The number of primary sulfonamides is 1. The fraction of sp³-hybridized carbons (Fsp3) is 0.417. The summed E-state index contributed by atoms with van der Waals surface area (Å²) in [6, 6.07) is 2.85. The van der Waals surface area contributed by atoms with Crippen molar-refractivity contribution in [2.75, 3.05) is 13.2 Å². The van der Waals surface area contributed by atoms with E-state index in [1.54, 1.807) is 13.0 Å². The Bertz CT molecular complexity index is 639. The van der Waals surface area contributed by atoms with Gasteiger partial charge in [0, 0.05) is 16.6 Å². The van der Waals surface area contributed by atoms with E-state index in [9.17, 15) is 13.2 Å². The summed E-state index contributed by atoms with van der Waals surface area (Å²) in [7, 11) is -3.89. The first kappa shape index (κ1) is 15.4. The number of aryl methyl sites for hydroxylation is 1. The lowest BCUT2D eigenvalue weighted by Gasteiger charge is -2.13. The van der Waals surface area contributed by atoms with Crippen LogP contribution in [0.4, 0.5) is 0 Å². The highest BCUT2D eigenvalue weighted by molar-refractivity contribution is 9.10. The standard InChI is InChI=1S/C12H15BrN2O4S/c1-7-4-8(5-10(11(7)13)20(14,17)18)12(16)15-9-2-3-19-6-9/h4-5,9H,2-3,6H2,1H3,(H,15,16)(H2,14,17,18). The van der Waals surface area contributed by atoms with Crippen LogP contribution in [0.15, 0.2) is 21.5 Å². The zero-order valence-corrected chi connectivity index (χ0v) is 13.3. The van der Waals surface area contributed by atoms with Crippen LogP contribution in [0.5, 0.6) is 0 Å². The molecule has 0 aliphatic carbocycles. The molecule has 1 heterocycles. The molecule has 1 fully saturated rings. The normalized spacial score (nSPS) is 19.1. The van der Waals surface area contributed by atoms with Crippen LogP contribution in [0.1, 0.15) is 22.3 Å². The predicted octanol–water partition coefficient (Wildman–Crippen LogP) is 0.924. The van der Waals surface area contributed by atoms with Crippen LogP contribution in [-0.2, 0) is 14.8 Å². The minimum atomic E-state index is -3.89. The summed E-state index contributed by atoms with van der Waals surface area (Å²) in [5, 5.41) is 7.96. The maximum atomic E-state index is 12.1. The number of hydrogen-bond donors (Lipinski definition) is 2. The molecule has 1 amide bonds. The number of benzene rings is 1. The number of nitrogens with two attached hydrogens (primary N) is 1. The highest BCUT2D eigenvalue weighted by Crippen LogP contribution is 2.26. The molecule has 1 aliphatic rings. The van der Waals surface area contributed by atoms with E-state index < -0.39 is 10.0 Å². The van der Waals surface area contributed by atoms with Gasteiger partial charge in [-0.15, -0.1) is 0 Å². The number of amides is 1. The number of rotatable bonds is 3. The van der Waals surface area contributed by atoms with Gasteiger partial charge in [-0.2, -0.15) is 0 Å². The molecule has 0 bridgehead atoms. The van der Waals surface area contributed by atoms with Crippen LogP contribution in [0.25, 0.3) is 0 Å². The molecule has 1 aromatic carbocycles. The van der Waals surface area contributed by atoms with Crippen molar-refractivity contribution in [2.24, 2.45) is 5.14 Å². The molecule has 3 N–H and O–H groups in total. The molecule has 2 rings (SSSR count). The molecule has 8 heteroatoms. The quantitative estimate of drug-likeness (QED) is 0.835. The molecule has 1 atom stereocenters. The van der Waals surface area contributed by atoms with E-state index in [0.29, 0.717) is 23.2 Å². The van der Waals surface area contributed by atoms with Crippen LogP contribution in [-0.4, -0.2) is 33.6 Å². The number of nitrogens with one attached hydrogen (secondary N) is 1. The second-order valence-corrected chi connectivity index (χ2v) is 7.01. The number of halogens is 1. The Morgan fingerprint density at radius 1 is 1.50 bits per heavy atom. The van der Waals surface area contributed by atoms with E-state index in [4.69, 9.17) is 9.88 Å². The lowest BCUT2D eigenvalue weighted by molar-refractivity contribution is 0.0929. The van der Waals surface area contributed by atoms with Crippen LogP contribution < -0.4 is 10.5 Å². The average molecular weight is 363 g/mol. The van der Waals surface area contributed by atoms with Gasteiger partial charge in [0.15, 0.2) is 0 Å². The van der Waals surface area contributed by atoms with E-state index in [2.05, 4.69) is 21.2 Å². The lowest BCUT2D eigenvalue weighted by Crippen LogP contribution is -2.35. The highest BCUT2D eigenvalue weighted by atomic mass is 79.9. The molecule has 1 unspecified atom stereocenters. The molecule has 0 spiro atoms. The van der Waals surface area contributed by atoms with Crippen LogP contribution >= 0.6 is 15.9 Å². The molecule has 0 radical (unpaired) electrons. The third-order valence-corrected chi connectivity index (χ3v) is 5.30. The fourth-order valence-corrected chi connectivity index (χ4v) is 3.60. The van der Waals surface area contributed by atoms with Crippen LogP contribution in [0, 0.1) is 6.92 Å². The summed E-state index contributed by atoms with van der Waals surface area (Å²) in [5.41, 5.74) is 0.894. The second kappa shape index (κ2) is 5.80. The number of sulfonamides is 1. The number of carbonyl (C=O) groups excluding carboxylic acids is 1. The van der Waals surface area contributed by atoms with E-state index >= 15 is 0 Å². The van der Waals surface area contributed by atoms with E-state index in [-0.39, 0.29) is 22.4 Å². The van der Waals surface area contributed by atoms with Crippen molar-refractivity contribution >= 4 is 31.9 Å². The van der Waals surface area contributed by atoms with Crippen molar-refractivity contribution in [3.8, 4) is 0 Å². The van der Waals surface area contributed by atoms with Gasteiger partial charge in [0.2, 0.25) is 10.0 Å². The van der Waals surface area contributed by atoms with Gasteiger partial charge in [-0.3, -0.25) is 4.79 Å². The molecule has 110 valence electrons. The van der Waals surface area contributed by atoms with Crippen molar-refractivity contribution in [1.29, 1.82) is 0 Å². The largest absolute Gasteiger partial charge is 0.379 e. The molecule has 1 aromatic rings. The molecular weight excluding hydrogens is 348 g/mol. The zero-order chi connectivity index (χ0) is 14.9. The third kappa shape index (κ3) is 3.38. The van der Waals surface area contributed by atoms with Crippen LogP contribution in [0.3, 0.4) is 0 Å². The van der Waals surface area contributed by atoms with Crippen molar-refractivity contribution in [3.05, 3.63) is 27.7 Å². The average Bonchev–Trinajstić information content (AvgIpc) is 2.83. The molecular formula is C12H15BrN2O4S. The summed E-state index contributed by atoms with van der Waals surface area (Å²) in [4.78, 5) is 12.0. The van der Waals surface area contributed by atoms with Gasteiger partial charge in [-0.05, 0) is 47.0 Å². The summed E-state index contributed by atoms with van der Waals surface area (Å²) in [6.45, 7) is 2.80. The summed E-state index contributed by atoms with van der Waals surface area (Å²) < 4.78 is 28.6.